The molecule has 0 fully saturated rings. The Labute approximate surface area is 116 Å². The molecule has 0 radical (unpaired) electrons. The monoisotopic (exact) mass is 276 g/mol. The maximum atomic E-state index is 12.2. The van der Waals surface area contributed by atoms with Crippen molar-refractivity contribution in [3.8, 4) is 0 Å². The molecule has 1 atom stereocenters. The van der Waals surface area contributed by atoms with Crippen LogP contribution in [0.1, 0.15) is 29.3 Å². The SMILES string of the molecule is CC(C(=O)O)N(C)C(=O)c1ccc2c(c1)CCC(=O)N2. The highest BCUT2D eigenvalue weighted by Crippen LogP contribution is 2.24. The molecule has 0 bridgehead atoms. The number of hydrogen-bond donors (Lipinski definition) is 2. The number of carbonyl (C=O) groups excluding carboxylic acids is 2. The Morgan fingerprint density at radius 2 is 2.05 bits per heavy atom. The smallest absolute Gasteiger partial charge is 0.326 e. The molecule has 6 nitrogen and oxygen atoms in total. The Balaban J connectivity index is 2.23. The molecule has 0 aliphatic carbocycles. The number of carboxylic acid groups (broad SMARTS) is 1. The van der Waals surface area contributed by atoms with Crippen molar-refractivity contribution in [2.75, 3.05) is 12.4 Å². The molecule has 6 heteroatoms. The molecule has 1 aliphatic rings. The van der Waals surface area contributed by atoms with Crippen molar-refractivity contribution in [1.82, 2.24) is 4.90 Å². The maximum absolute atomic E-state index is 12.2. The highest BCUT2D eigenvalue weighted by Gasteiger charge is 2.24. The van der Waals surface area contributed by atoms with Crippen molar-refractivity contribution in [3.05, 3.63) is 29.3 Å². The minimum Gasteiger partial charge on any atom is -0.480 e. The van der Waals surface area contributed by atoms with Crippen LogP contribution in [0.5, 0.6) is 0 Å². The van der Waals surface area contributed by atoms with E-state index in [0.717, 1.165) is 5.56 Å². The van der Waals surface area contributed by atoms with E-state index in [0.29, 0.717) is 24.1 Å². The van der Waals surface area contributed by atoms with Gasteiger partial charge in [-0.3, -0.25) is 9.59 Å². The number of nitrogens with one attached hydrogen (secondary N) is 1. The van der Waals surface area contributed by atoms with Gasteiger partial charge in [-0.2, -0.15) is 0 Å². The molecule has 1 heterocycles. The van der Waals surface area contributed by atoms with Gasteiger partial charge in [0.1, 0.15) is 6.04 Å². The van der Waals surface area contributed by atoms with E-state index < -0.39 is 12.0 Å². The number of benzene rings is 1. The molecule has 2 N–H and O–H groups in total. The predicted octanol–water partition coefficient (Wildman–Crippen LogP) is 1.12. The first-order valence-corrected chi connectivity index (χ1v) is 6.33. The van der Waals surface area contributed by atoms with Gasteiger partial charge in [-0.15, -0.1) is 0 Å². The molecule has 0 spiro atoms. The van der Waals surface area contributed by atoms with Gasteiger partial charge in [0.25, 0.3) is 5.91 Å². The number of hydrogen-bond acceptors (Lipinski definition) is 3. The molecule has 0 aromatic heterocycles. The third-order valence-corrected chi connectivity index (χ3v) is 3.51. The van der Waals surface area contributed by atoms with Gasteiger partial charge in [-0.25, -0.2) is 4.79 Å². The molecule has 1 aliphatic heterocycles. The summed E-state index contributed by atoms with van der Waals surface area (Å²) in [5.41, 5.74) is 2.04. The fraction of sp³-hybridized carbons (Fsp3) is 0.357. The normalized spacial score (nSPS) is 15.0. The van der Waals surface area contributed by atoms with Crippen LogP contribution in [0, 0.1) is 0 Å². The molecule has 2 amide bonds. The first-order valence-electron chi connectivity index (χ1n) is 6.33. The van der Waals surface area contributed by atoms with E-state index in [2.05, 4.69) is 5.32 Å². The minimum atomic E-state index is -1.05. The van der Waals surface area contributed by atoms with Crippen molar-refractivity contribution in [2.24, 2.45) is 0 Å². The summed E-state index contributed by atoms with van der Waals surface area (Å²) in [7, 11) is 1.46. The molecular formula is C14H16N2O4. The van der Waals surface area contributed by atoms with Gasteiger partial charge in [0.05, 0.1) is 0 Å². The average Bonchev–Trinajstić information content (AvgIpc) is 2.44. The molecule has 1 aromatic carbocycles. The molecule has 0 saturated heterocycles. The van der Waals surface area contributed by atoms with Crippen LogP contribution < -0.4 is 5.32 Å². The van der Waals surface area contributed by atoms with Crippen molar-refractivity contribution < 1.29 is 19.5 Å². The quantitative estimate of drug-likeness (QED) is 0.866. The summed E-state index contributed by atoms with van der Waals surface area (Å²) in [4.78, 5) is 35.6. The van der Waals surface area contributed by atoms with Crippen molar-refractivity contribution in [2.45, 2.75) is 25.8 Å². The molecule has 2 rings (SSSR count). The van der Waals surface area contributed by atoms with E-state index in [1.54, 1.807) is 18.2 Å². The summed E-state index contributed by atoms with van der Waals surface area (Å²) in [5, 5.41) is 11.7. The van der Waals surface area contributed by atoms with Gasteiger partial charge >= 0.3 is 5.97 Å². The zero-order valence-electron chi connectivity index (χ0n) is 11.3. The van der Waals surface area contributed by atoms with Crippen LogP contribution in [-0.4, -0.2) is 40.9 Å². The second-order valence-electron chi connectivity index (χ2n) is 4.85. The fourth-order valence-corrected chi connectivity index (χ4v) is 2.06. The van der Waals surface area contributed by atoms with Crippen molar-refractivity contribution in [1.29, 1.82) is 0 Å². The van der Waals surface area contributed by atoms with E-state index in [9.17, 15) is 14.4 Å². The Kier molecular flexibility index (Phi) is 3.74. The number of rotatable bonds is 3. The second kappa shape index (κ2) is 5.32. The highest BCUT2D eigenvalue weighted by molar-refractivity contribution is 5.99. The maximum Gasteiger partial charge on any atom is 0.326 e. The number of likely N-dealkylation sites (N-methyl/N-ethyl adjacent to an activating group) is 1. The lowest BCUT2D eigenvalue weighted by atomic mass is 10.00. The van der Waals surface area contributed by atoms with Gasteiger partial charge in [0, 0.05) is 24.7 Å². The van der Waals surface area contributed by atoms with E-state index >= 15 is 0 Å². The Morgan fingerprint density at radius 1 is 1.35 bits per heavy atom. The Morgan fingerprint density at radius 3 is 2.70 bits per heavy atom. The second-order valence-corrected chi connectivity index (χ2v) is 4.85. The van der Waals surface area contributed by atoms with E-state index in [1.807, 2.05) is 0 Å². The van der Waals surface area contributed by atoms with Gasteiger partial charge in [0.2, 0.25) is 5.91 Å². The summed E-state index contributed by atoms with van der Waals surface area (Å²) < 4.78 is 0. The zero-order valence-corrected chi connectivity index (χ0v) is 11.3. The molecule has 1 aromatic rings. The van der Waals surface area contributed by atoms with Gasteiger partial charge in [0.15, 0.2) is 0 Å². The third kappa shape index (κ3) is 2.64. The molecule has 1 unspecified atom stereocenters. The topological polar surface area (TPSA) is 86.7 Å². The van der Waals surface area contributed by atoms with Crippen LogP contribution in [0.3, 0.4) is 0 Å². The van der Waals surface area contributed by atoms with Gasteiger partial charge in [-0.05, 0) is 37.1 Å². The minimum absolute atomic E-state index is 0.0341. The fourth-order valence-electron chi connectivity index (χ4n) is 2.06. The Hall–Kier alpha value is -2.37. The van der Waals surface area contributed by atoms with Crippen LogP contribution in [0.15, 0.2) is 18.2 Å². The largest absolute Gasteiger partial charge is 0.480 e. The summed E-state index contributed by atoms with van der Waals surface area (Å²) in [5.74, 6) is -1.43. The first kappa shape index (κ1) is 14.0. The molecular weight excluding hydrogens is 260 g/mol. The lowest BCUT2D eigenvalue weighted by molar-refractivity contribution is -0.141. The highest BCUT2D eigenvalue weighted by atomic mass is 16.4. The van der Waals surface area contributed by atoms with E-state index in [4.69, 9.17) is 5.11 Å². The molecule has 20 heavy (non-hydrogen) atoms. The van der Waals surface area contributed by atoms with Crippen LogP contribution in [-0.2, 0) is 16.0 Å². The Bertz CT molecular complexity index is 583. The van der Waals surface area contributed by atoms with Crippen LogP contribution >= 0.6 is 0 Å². The van der Waals surface area contributed by atoms with Gasteiger partial charge < -0.3 is 15.3 Å². The van der Waals surface area contributed by atoms with E-state index in [-0.39, 0.29) is 11.8 Å². The summed E-state index contributed by atoms with van der Waals surface area (Å²) >= 11 is 0. The van der Waals surface area contributed by atoms with Gasteiger partial charge in [-0.1, -0.05) is 0 Å². The standard InChI is InChI=1S/C14H16N2O4/c1-8(14(19)20)16(2)13(18)10-3-5-11-9(7-10)4-6-12(17)15-11/h3,5,7-8H,4,6H2,1-2H3,(H,15,17)(H,19,20). The zero-order chi connectivity index (χ0) is 14.9. The number of aryl methyl sites for hydroxylation is 1. The number of carbonyl (C=O) groups is 3. The summed E-state index contributed by atoms with van der Waals surface area (Å²) in [6.07, 6.45) is 0.979. The van der Waals surface area contributed by atoms with Crippen LogP contribution in [0.25, 0.3) is 0 Å². The summed E-state index contributed by atoms with van der Waals surface area (Å²) in [6.45, 7) is 1.46. The third-order valence-electron chi connectivity index (χ3n) is 3.51. The van der Waals surface area contributed by atoms with Crippen LogP contribution in [0.2, 0.25) is 0 Å². The summed E-state index contributed by atoms with van der Waals surface area (Å²) in [6, 6.07) is 4.09. The average molecular weight is 276 g/mol. The van der Waals surface area contributed by atoms with Crippen molar-refractivity contribution in [3.63, 3.8) is 0 Å². The predicted molar refractivity (Wildman–Crippen MR) is 72.6 cm³/mol. The number of carboxylic acids is 1. The molecule has 106 valence electrons. The van der Waals surface area contributed by atoms with E-state index in [1.165, 1.54) is 18.9 Å². The molecule has 0 saturated carbocycles. The van der Waals surface area contributed by atoms with Crippen LogP contribution in [0.4, 0.5) is 5.69 Å². The number of anilines is 1. The number of nitrogens with zero attached hydrogens (tertiary/aromatic N) is 1. The lowest BCUT2D eigenvalue weighted by Crippen LogP contribution is -2.40. The number of fused-ring (bicyclic) bond motifs is 1. The number of aliphatic carboxylic acids is 1. The lowest BCUT2D eigenvalue weighted by Gasteiger charge is -2.23. The number of amides is 2. The first-order chi connectivity index (χ1) is 9.40. The van der Waals surface area contributed by atoms with Crippen molar-refractivity contribution >= 4 is 23.5 Å².